The first-order valence-corrected chi connectivity index (χ1v) is 8.51. The molecule has 0 aliphatic heterocycles. The Balaban J connectivity index is 3.04. The van der Waals surface area contributed by atoms with E-state index in [1.807, 2.05) is 20.8 Å². The zero-order valence-electron chi connectivity index (χ0n) is 14.6. The normalized spacial score (nSPS) is 11.3. The highest BCUT2D eigenvalue weighted by Gasteiger charge is 2.23. The van der Waals surface area contributed by atoms with Gasteiger partial charge in [0.1, 0.15) is 0 Å². The molecule has 1 aromatic carbocycles. The van der Waals surface area contributed by atoms with Crippen molar-refractivity contribution in [1.82, 2.24) is 4.90 Å². The number of hydrogen-bond donors (Lipinski definition) is 1. The van der Waals surface area contributed by atoms with Crippen LogP contribution in [0.5, 0.6) is 11.5 Å². The van der Waals surface area contributed by atoms with Crippen LogP contribution in [0.15, 0.2) is 16.6 Å². The van der Waals surface area contributed by atoms with Crippen LogP contribution in [-0.4, -0.2) is 44.7 Å². The summed E-state index contributed by atoms with van der Waals surface area (Å²) in [6, 6.07) is 3.48. The summed E-state index contributed by atoms with van der Waals surface area (Å²) in [4.78, 5) is 14.3. The van der Waals surface area contributed by atoms with Crippen molar-refractivity contribution in [1.29, 1.82) is 0 Å². The molecule has 130 valence electrons. The van der Waals surface area contributed by atoms with Crippen molar-refractivity contribution < 1.29 is 14.3 Å². The van der Waals surface area contributed by atoms with E-state index in [0.29, 0.717) is 41.2 Å². The summed E-state index contributed by atoms with van der Waals surface area (Å²) < 4.78 is 11.8. The van der Waals surface area contributed by atoms with Gasteiger partial charge in [0.15, 0.2) is 11.5 Å². The fourth-order valence-electron chi connectivity index (χ4n) is 2.19. The Labute approximate surface area is 147 Å². The lowest BCUT2D eigenvalue weighted by atomic mass is 9.93. The summed E-state index contributed by atoms with van der Waals surface area (Å²) >= 11 is 3.47. The maximum Gasteiger partial charge on any atom is 0.253 e. The minimum Gasteiger partial charge on any atom is -0.493 e. The lowest BCUT2D eigenvalue weighted by Crippen LogP contribution is -2.39. The topological polar surface area (TPSA) is 64.8 Å². The second kappa shape index (κ2) is 8.55. The number of nitrogens with zero attached hydrogens (tertiary/aromatic N) is 1. The van der Waals surface area contributed by atoms with Crippen molar-refractivity contribution in [2.75, 3.05) is 33.9 Å². The Kier molecular flexibility index (Phi) is 7.35. The molecule has 0 aromatic heterocycles. The Bertz CT molecular complexity index is 547. The lowest BCUT2D eigenvalue weighted by Gasteiger charge is -2.29. The summed E-state index contributed by atoms with van der Waals surface area (Å²) in [6.45, 7) is 7.79. The number of amides is 1. The van der Waals surface area contributed by atoms with Crippen LogP contribution in [0.3, 0.4) is 0 Å². The molecule has 0 heterocycles. The van der Waals surface area contributed by atoms with Gasteiger partial charge in [-0.2, -0.15) is 0 Å². The molecular formula is C17H27BrN2O3. The van der Waals surface area contributed by atoms with Crippen LogP contribution in [0.1, 0.15) is 37.6 Å². The molecule has 0 aliphatic carbocycles. The molecule has 1 aromatic rings. The zero-order valence-corrected chi connectivity index (χ0v) is 16.2. The molecule has 23 heavy (non-hydrogen) atoms. The molecule has 2 N–H and O–H groups in total. The Morgan fingerprint density at radius 3 is 2.57 bits per heavy atom. The second-order valence-electron chi connectivity index (χ2n) is 6.37. The number of methoxy groups -OCH3 is 1. The number of benzene rings is 1. The standard InChI is InChI=1S/C17H27BrN2O3/c1-6-7-23-15-13(18)8-12(9-14(15)22-5)16(21)20(4)11-17(2,3)10-19/h8-9H,6-7,10-11,19H2,1-5H3. The molecular weight excluding hydrogens is 360 g/mol. The Hall–Kier alpha value is -1.27. The van der Waals surface area contributed by atoms with Crippen molar-refractivity contribution in [3.63, 3.8) is 0 Å². The fraction of sp³-hybridized carbons (Fsp3) is 0.588. The number of nitrogens with two attached hydrogens (primary N) is 1. The summed E-state index contributed by atoms with van der Waals surface area (Å²) in [6.07, 6.45) is 0.896. The molecule has 0 fully saturated rings. The maximum atomic E-state index is 12.7. The van der Waals surface area contributed by atoms with Crippen LogP contribution in [0.2, 0.25) is 0 Å². The van der Waals surface area contributed by atoms with E-state index in [1.165, 1.54) is 0 Å². The van der Waals surface area contributed by atoms with Gasteiger partial charge in [-0.05, 0) is 46.4 Å². The van der Waals surface area contributed by atoms with Crippen LogP contribution < -0.4 is 15.2 Å². The molecule has 0 unspecified atom stereocenters. The minimum atomic E-state index is -0.129. The Morgan fingerprint density at radius 2 is 2.04 bits per heavy atom. The highest BCUT2D eigenvalue weighted by atomic mass is 79.9. The molecule has 0 saturated heterocycles. The largest absolute Gasteiger partial charge is 0.493 e. The third-order valence-electron chi connectivity index (χ3n) is 3.49. The first-order valence-electron chi connectivity index (χ1n) is 7.71. The Morgan fingerprint density at radius 1 is 1.39 bits per heavy atom. The summed E-state index contributed by atoms with van der Waals surface area (Å²) in [5, 5.41) is 0. The molecule has 0 atom stereocenters. The van der Waals surface area contributed by atoms with Gasteiger partial charge < -0.3 is 20.1 Å². The van der Waals surface area contributed by atoms with E-state index >= 15 is 0 Å². The van der Waals surface area contributed by atoms with Gasteiger partial charge in [-0.1, -0.05) is 20.8 Å². The molecule has 1 rings (SSSR count). The zero-order chi connectivity index (χ0) is 17.6. The van der Waals surface area contributed by atoms with E-state index in [9.17, 15) is 4.79 Å². The quantitative estimate of drug-likeness (QED) is 0.744. The van der Waals surface area contributed by atoms with Gasteiger partial charge in [-0.3, -0.25) is 4.79 Å². The van der Waals surface area contributed by atoms with E-state index in [-0.39, 0.29) is 11.3 Å². The average molecular weight is 387 g/mol. The molecule has 0 aliphatic rings. The van der Waals surface area contributed by atoms with E-state index in [2.05, 4.69) is 15.9 Å². The average Bonchev–Trinajstić information content (AvgIpc) is 2.51. The van der Waals surface area contributed by atoms with Crippen LogP contribution in [0.4, 0.5) is 0 Å². The van der Waals surface area contributed by atoms with Crippen molar-refractivity contribution in [3.05, 3.63) is 22.2 Å². The molecule has 0 bridgehead atoms. The highest BCUT2D eigenvalue weighted by Crippen LogP contribution is 2.37. The summed E-state index contributed by atoms with van der Waals surface area (Å²) in [5.74, 6) is 1.09. The summed E-state index contributed by atoms with van der Waals surface area (Å²) in [5.41, 5.74) is 6.17. The molecule has 0 saturated carbocycles. The van der Waals surface area contributed by atoms with Crippen LogP contribution >= 0.6 is 15.9 Å². The van der Waals surface area contributed by atoms with Crippen molar-refractivity contribution >= 4 is 21.8 Å². The lowest BCUT2D eigenvalue weighted by molar-refractivity contribution is 0.0740. The van der Waals surface area contributed by atoms with E-state index in [0.717, 1.165) is 6.42 Å². The molecule has 0 spiro atoms. The first-order chi connectivity index (χ1) is 10.8. The van der Waals surface area contributed by atoms with Crippen LogP contribution in [0, 0.1) is 5.41 Å². The number of hydrogen-bond acceptors (Lipinski definition) is 4. The van der Waals surface area contributed by atoms with Crippen LogP contribution in [0.25, 0.3) is 0 Å². The molecule has 6 heteroatoms. The third-order valence-corrected chi connectivity index (χ3v) is 4.08. The third kappa shape index (κ3) is 5.39. The molecule has 0 radical (unpaired) electrons. The van der Waals surface area contributed by atoms with Gasteiger partial charge >= 0.3 is 0 Å². The highest BCUT2D eigenvalue weighted by molar-refractivity contribution is 9.10. The van der Waals surface area contributed by atoms with Crippen molar-refractivity contribution in [2.45, 2.75) is 27.2 Å². The van der Waals surface area contributed by atoms with Crippen molar-refractivity contribution in [3.8, 4) is 11.5 Å². The van der Waals surface area contributed by atoms with Gasteiger partial charge in [0.05, 0.1) is 18.2 Å². The number of ether oxygens (including phenoxy) is 2. The summed E-state index contributed by atoms with van der Waals surface area (Å²) in [7, 11) is 3.34. The number of carbonyl (C=O) groups excluding carboxylic acids is 1. The van der Waals surface area contributed by atoms with E-state index in [1.54, 1.807) is 31.2 Å². The molecule has 1 amide bonds. The maximum absolute atomic E-state index is 12.7. The van der Waals surface area contributed by atoms with Gasteiger partial charge in [-0.15, -0.1) is 0 Å². The van der Waals surface area contributed by atoms with Gasteiger partial charge in [0.2, 0.25) is 0 Å². The smallest absolute Gasteiger partial charge is 0.253 e. The van der Waals surface area contributed by atoms with Gasteiger partial charge in [0.25, 0.3) is 5.91 Å². The minimum absolute atomic E-state index is 0.0763. The fourth-order valence-corrected chi connectivity index (χ4v) is 2.74. The number of halogens is 1. The van der Waals surface area contributed by atoms with Crippen LogP contribution in [-0.2, 0) is 0 Å². The number of rotatable bonds is 8. The second-order valence-corrected chi connectivity index (χ2v) is 7.22. The predicted octanol–water partition coefficient (Wildman–Crippen LogP) is 3.30. The SMILES string of the molecule is CCCOc1c(Br)cc(C(=O)N(C)CC(C)(C)CN)cc1OC. The predicted molar refractivity (Wildman–Crippen MR) is 96.3 cm³/mol. The van der Waals surface area contributed by atoms with Gasteiger partial charge in [-0.25, -0.2) is 0 Å². The monoisotopic (exact) mass is 386 g/mol. The van der Waals surface area contributed by atoms with E-state index < -0.39 is 0 Å². The van der Waals surface area contributed by atoms with Crippen molar-refractivity contribution in [2.24, 2.45) is 11.1 Å². The first kappa shape index (κ1) is 19.8. The number of carbonyl (C=O) groups is 1. The van der Waals surface area contributed by atoms with Gasteiger partial charge in [0, 0.05) is 19.2 Å². The van der Waals surface area contributed by atoms with E-state index in [4.69, 9.17) is 15.2 Å². The molecule has 5 nitrogen and oxygen atoms in total.